The summed E-state index contributed by atoms with van der Waals surface area (Å²) in [7, 11) is 0. The molecule has 0 spiro atoms. The van der Waals surface area contributed by atoms with Crippen molar-refractivity contribution in [1.82, 2.24) is 15.2 Å². The van der Waals surface area contributed by atoms with E-state index in [4.69, 9.17) is 0 Å². The Morgan fingerprint density at radius 1 is 1.43 bits per heavy atom. The van der Waals surface area contributed by atoms with Crippen LogP contribution in [-0.2, 0) is 11.3 Å². The highest BCUT2D eigenvalue weighted by Gasteiger charge is 2.24. The van der Waals surface area contributed by atoms with Crippen LogP contribution in [0.3, 0.4) is 0 Å². The van der Waals surface area contributed by atoms with Gasteiger partial charge in [0.1, 0.15) is 0 Å². The molecule has 0 saturated carbocycles. The molecule has 1 aliphatic rings. The number of carbonyl (C=O) groups is 1. The monoisotopic (exact) mass is 287 g/mol. The first-order chi connectivity index (χ1) is 10.3. The average molecular weight is 287 g/mol. The van der Waals surface area contributed by atoms with Crippen LogP contribution in [-0.4, -0.2) is 34.9 Å². The van der Waals surface area contributed by atoms with Gasteiger partial charge in [-0.15, -0.1) is 6.58 Å². The zero-order valence-electron chi connectivity index (χ0n) is 12.6. The maximum Gasteiger partial charge on any atom is 0.223 e. The fraction of sp³-hybridized carbons (Fsp3) is 0.529. The lowest BCUT2D eigenvalue weighted by Crippen LogP contribution is -2.40. The van der Waals surface area contributed by atoms with Crippen molar-refractivity contribution < 1.29 is 4.79 Å². The van der Waals surface area contributed by atoms with E-state index in [0.29, 0.717) is 19.0 Å². The molecule has 1 amide bonds. The molecule has 1 fully saturated rings. The Labute approximate surface area is 127 Å². The largest absolute Gasteiger partial charge is 0.334 e. The van der Waals surface area contributed by atoms with Crippen molar-refractivity contribution in [2.24, 2.45) is 0 Å². The van der Waals surface area contributed by atoms with Crippen LogP contribution in [0, 0.1) is 0 Å². The molecule has 1 N–H and O–H groups in total. The summed E-state index contributed by atoms with van der Waals surface area (Å²) in [4.78, 5) is 18.9. The second-order valence-electron chi connectivity index (χ2n) is 5.50. The quantitative estimate of drug-likeness (QED) is 0.818. The molecule has 1 atom stereocenters. The number of nitrogens with one attached hydrogen (secondary N) is 1. The van der Waals surface area contributed by atoms with Gasteiger partial charge in [0.15, 0.2) is 0 Å². The molecular formula is C17H25N3O. The Kier molecular flexibility index (Phi) is 6.41. The van der Waals surface area contributed by atoms with Crippen LogP contribution in [0.1, 0.15) is 37.8 Å². The third-order valence-corrected chi connectivity index (χ3v) is 3.93. The van der Waals surface area contributed by atoms with Gasteiger partial charge in [0.25, 0.3) is 0 Å². The summed E-state index contributed by atoms with van der Waals surface area (Å²) in [6, 6.07) is 6.19. The number of nitrogens with zero attached hydrogens (tertiary/aromatic N) is 2. The number of amides is 1. The van der Waals surface area contributed by atoms with Crippen molar-refractivity contribution in [2.45, 2.75) is 44.7 Å². The van der Waals surface area contributed by atoms with Crippen LogP contribution in [0.2, 0.25) is 0 Å². The minimum atomic E-state index is 0.215. The first kappa shape index (κ1) is 15.7. The summed E-state index contributed by atoms with van der Waals surface area (Å²) >= 11 is 0. The summed E-state index contributed by atoms with van der Waals surface area (Å²) in [5, 5.41) is 3.41. The highest BCUT2D eigenvalue weighted by atomic mass is 16.2. The predicted molar refractivity (Wildman–Crippen MR) is 84.7 cm³/mol. The molecular weight excluding hydrogens is 262 g/mol. The first-order valence-corrected chi connectivity index (χ1v) is 7.82. The van der Waals surface area contributed by atoms with E-state index >= 15 is 0 Å². The van der Waals surface area contributed by atoms with Gasteiger partial charge >= 0.3 is 0 Å². The Balaban J connectivity index is 2.08. The molecule has 1 aromatic rings. The number of hydrogen-bond acceptors (Lipinski definition) is 3. The van der Waals surface area contributed by atoms with Crippen molar-refractivity contribution in [2.75, 3.05) is 13.1 Å². The normalized spacial score (nSPS) is 18.8. The van der Waals surface area contributed by atoms with Crippen LogP contribution < -0.4 is 5.32 Å². The number of carbonyl (C=O) groups excluding carboxylic acids is 1. The summed E-state index contributed by atoms with van der Waals surface area (Å²) < 4.78 is 0. The van der Waals surface area contributed by atoms with Gasteiger partial charge in [-0.3, -0.25) is 9.78 Å². The van der Waals surface area contributed by atoms with Gasteiger partial charge in [-0.25, -0.2) is 0 Å². The standard InChI is InChI=1S/C17H25N3O/c1-2-3-9-17(21)20(14-15-7-4-5-12-19-15)16-8-6-11-18-13-10-16/h2,4-5,7,12,16,18H,1,3,6,8-11,13-14H2. The molecule has 0 bridgehead atoms. The summed E-state index contributed by atoms with van der Waals surface area (Å²) in [5.41, 5.74) is 0.960. The number of allylic oxidation sites excluding steroid dienone is 1. The molecule has 114 valence electrons. The van der Waals surface area contributed by atoms with E-state index in [9.17, 15) is 4.79 Å². The molecule has 1 unspecified atom stereocenters. The molecule has 1 aliphatic heterocycles. The molecule has 21 heavy (non-hydrogen) atoms. The van der Waals surface area contributed by atoms with Gasteiger partial charge in [0.2, 0.25) is 5.91 Å². The topological polar surface area (TPSA) is 45.2 Å². The Hall–Kier alpha value is -1.68. The number of aromatic nitrogens is 1. The third kappa shape index (κ3) is 4.97. The maximum absolute atomic E-state index is 12.5. The molecule has 0 radical (unpaired) electrons. The molecule has 4 nitrogen and oxygen atoms in total. The van der Waals surface area contributed by atoms with Crippen molar-refractivity contribution in [1.29, 1.82) is 0 Å². The number of hydrogen-bond donors (Lipinski definition) is 1. The Bertz CT molecular complexity index is 439. The van der Waals surface area contributed by atoms with Crippen molar-refractivity contribution in [3.8, 4) is 0 Å². The lowest BCUT2D eigenvalue weighted by Gasteiger charge is -2.31. The van der Waals surface area contributed by atoms with Crippen molar-refractivity contribution in [3.63, 3.8) is 0 Å². The molecule has 4 heteroatoms. The smallest absolute Gasteiger partial charge is 0.223 e. The summed E-state index contributed by atoms with van der Waals surface area (Å²) in [6.45, 7) is 6.36. The van der Waals surface area contributed by atoms with Gasteiger partial charge in [0, 0.05) is 18.7 Å². The number of pyridine rings is 1. The Morgan fingerprint density at radius 3 is 3.10 bits per heavy atom. The van der Waals surface area contributed by atoms with Crippen LogP contribution in [0.15, 0.2) is 37.1 Å². The zero-order valence-corrected chi connectivity index (χ0v) is 12.6. The van der Waals surface area contributed by atoms with Gasteiger partial charge < -0.3 is 10.2 Å². The van der Waals surface area contributed by atoms with Gasteiger partial charge in [0.05, 0.1) is 12.2 Å². The third-order valence-electron chi connectivity index (χ3n) is 3.93. The first-order valence-electron chi connectivity index (χ1n) is 7.82. The van der Waals surface area contributed by atoms with E-state index in [0.717, 1.165) is 44.5 Å². The van der Waals surface area contributed by atoms with E-state index in [2.05, 4.69) is 16.9 Å². The molecule has 0 aliphatic carbocycles. The highest BCUT2D eigenvalue weighted by molar-refractivity contribution is 5.76. The molecule has 2 heterocycles. The minimum Gasteiger partial charge on any atom is -0.334 e. The van der Waals surface area contributed by atoms with Gasteiger partial charge in [-0.05, 0) is 50.9 Å². The Morgan fingerprint density at radius 2 is 2.33 bits per heavy atom. The second-order valence-corrected chi connectivity index (χ2v) is 5.50. The lowest BCUT2D eigenvalue weighted by atomic mass is 10.1. The van der Waals surface area contributed by atoms with E-state index in [1.54, 1.807) is 6.20 Å². The average Bonchev–Trinajstić information content (AvgIpc) is 2.80. The van der Waals surface area contributed by atoms with Gasteiger partial charge in [-0.2, -0.15) is 0 Å². The lowest BCUT2D eigenvalue weighted by molar-refractivity contribution is -0.134. The fourth-order valence-corrected chi connectivity index (χ4v) is 2.77. The van der Waals surface area contributed by atoms with E-state index < -0.39 is 0 Å². The summed E-state index contributed by atoms with van der Waals surface area (Å²) in [5.74, 6) is 0.215. The zero-order chi connectivity index (χ0) is 14.9. The molecule has 2 rings (SSSR count). The SMILES string of the molecule is C=CCCC(=O)N(Cc1ccccn1)C1CCCNCC1. The fourth-order valence-electron chi connectivity index (χ4n) is 2.77. The highest BCUT2D eigenvalue weighted by Crippen LogP contribution is 2.18. The van der Waals surface area contributed by atoms with E-state index in [1.807, 2.05) is 29.2 Å². The van der Waals surface area contributed by atoms with Gasteiger partial charge in [-0.1, -0.05) is 12.1 Å². The second kappa shape index (κ2) is 8.57. The molecule has 1 saturated heterocycles. The number of rotatable bonds is 6. The van der Waals surface area contributed by atoms with E-state index in [-0.39, 0.29) is 5.91 Å². The van der Waals surface area contributed by atoms with Crippen molar-refractivity contribution in [3.05, 3.63) is 42.7 Å². The maximum atomic E-state index is 12.5. The van der Waals surface area contributed by atoms with Crippen molar-refractivity contribution >= 4 is 5.91 Å². The van der Waals surface area contributed by atoms with Crippen LogP contribution in [0.5, 0.6) is 0 Å². The minimum absolute atomic E-state index is 0.215. The van der Waals surface area contributed by atoms with Crippen LogP contribution in [0.25, 0.3) is 0 Å². The summed E-state index contributed by atoms with van der Waals surface area (Å²) in [6.07, 6.45) is 8.09. The van der Waals surface area contributed by atoms with E-state index in [1.165, 1.54) is 0 Å². The molecule has 0 aromatic carbocycles. The van der Waals surface area contributed by atoms with Crippen LogP contribution >= 0.6 is 0 Å². The molecule has 1 aromatic heterocycles. The predicted octanol–water partition coefficient (Wildman–Crippen LogP) is 2.52. The van der Waals surface area contributed by atoms with Crippen LogP contribution in [0.4, 0.5) is 0 Å².